The largest absolute Gasteiger partial charge is 0.487 e. The quantitative estimate of drug-likeness (QED) is 0.0899. The number of hydrogen-bond acceptors (Lipinski definition) is 6. The molecule has 5 rings (SSSR count). The van der Waals surface area contributed by atoms with Gasteiger partial charge in [0.1, 0.15) is 12.4 Å². The van der Waals surface area contributed by atoms with Crippen LogP contribution in [0, 0.1) is 3.57 Å². The van der Waals surface area contributed by atoms with Crippen LogP contribution in [0.4, 0.5) is 10.8 Å². The van der Waals surface area contributed by atoms with Gasteiger partial charge in [0, 0.05) is 27.2 Å². The number of nitrogens with zero attached hydrogens (tertiary/aromatic N) is 2. The van der Waals surface area contributed by atoms with Crippen LogP contribution in [0.3, 0.4) is 0 Å². The molecule has 40 heavy (non-hydrogen) atoms. The van der Waals surface area contributed by atoms with Crippen LogP contribution in [-0.2, 0) is 6.61 Å². The molecule has 4 aromatic carbocycles. The number of hydrogen-bond donors (Lipinski definition) is 2. The highest BCUT2D eigenvalue weighted by Crippen LogP contribution is 2.32. The van der Waals surface area contributed by atoms with Crippen molar-refractivity contribution >= 4 is 84.4 Å². The highest BCUT2D eigenvalue weighted by Gasteiger charge is 2.10. The number of carbonyl (C=O) groups excluding carboxylic acids is 1. The maximum absolute atomic E-state index is 12.6. The molecule has 0 aliphatic heterocycles. The Labute approximate surface area is 262 Å². The lowest BCUT2D eigenvalue weighted by Crippen LogP contribution is -2.17. The van der Waals surface area contributed by atoms with E-state index in [0.717, 1.165) is 47.0 Å². The van der Waals surface area contributed by atoms with Crippen LogP contribution in [0.5, 0.6) is 5.75 Å². The molecule has 0 aliphatic rings. The summed E-state index contributed by atoms with van der Waals surface area (Å²) >= 11 is 13.3. The van der Waals surface area contributed by atoms with Crippen molar-refractivity contribution in [2.75, 3.05) is 5.32 Å². The number of amides is 1. The number of nitrogens with one attached hydrogen (secondary N) is 2. The molecule has 200 valence electrons. The topological polar surface area (TPSA) is 75.6 Å². The Hall–Kier alpha value is -3.25. The minimum absolute atomic E-state index is 0.303. The number of thiazole rings is 1. The van der Waals surface area contributed by atoms with E-state index in [1.807, 2.05) is 84.2 Å². The zero-order chi connectivity index (χ0) is 27.9. The van der Waals surface area contributed by atoms with Gasteiger partial charge in [-0.05, 0) is 98.2 Å². The average Bonchev–Trinajstić information content (AvgIpc) is 3.43. The fourth-order valence-corrected chi connectivity index (χ4v) is 6.30. The number of hydrazone groups is 1. The molecule has 2 N–H and O–H groups in total. The number of anilines is 2. The first-order valence-electron chi connectivity index (χ1n) is 12.0. The number of halogens is 3. The Balaban J connectivity index is 1.17. The third kappa shape index (κ3) is 7.48. The summed E-state index contributed by atoms with van der Waals surface area (Å²) in [6.45, 7) is 0.474. The molecule has 10 heteroatoms. The Morgan fingerprint density at radius 1 is 1.05 bits per heavy atom. The van der Waals surface area contributed by atoms with Gasteiger partial charge < -0.3 is 10.1 Å². The van der Waals surface area contributed by atoms with Gasteiger partial charge in [0.05, 0.1) is 20.0 Å². The van der Waals surface area contributed by atoms with Gasteiger partial charge in [-0.1, -0.05) is 54.1 Å². The summed E-state index contributed by atoms with van der Waals surface area (Å²) in [5.74, 6) is 0.460. The molecule has 0 fully saturated rings. The van der Waals surface area contributed by atoms with Crippen molar-refractivity contribution in [2.24, 2.45) is 5.10 Å². The molecule has 0 saturated carbocycles. The molecule has 0 bridgehead atoms. The van der Waals surface area contributed by atoms with Crippen LogP contribution in [0.15, 0.2) is 106 Å². The predicted molar refractivity (Wildman–Crippen MR) is 175 cm³/mol. The normalized spacial score (nSPS) is 11.0. The molecule has 0 aliphatic carbocycles. The first-order chi connectivity index (χ1) is 19.4. The number of rotatable bonds is 9. The standard InChI is InChI=1S/C30H21BrClIN4O2S/c31-25-14-20(15-26(33)28(25)39-17-19-4-2-1-3-5-19)16-34-37-29(38)22-8-6-21(7-9-22)27-18-40-30(36-27)35-24-12-10-23(32)11-13-24/h1-16,18H,17H2,(H,35,36)(H,37,38)/b34-16-. The molecule has 0 saturated heterocycles. The van der Waals surface area contributed by atoms with E-state index >= 15 is 0 Å². The molecule has 6 nitrogen and oxygen atoms in total. The van der Waals surface area contributed by atoms with E-state index in [4.69, 9.17) is 16.3 Å². The van der Waals surface area contributed by atoms with E-state index in [1.165, 1.54) is 11.3 Å². The zero-order valence-electron chi connectivity index (χ0n) is 20.8. The minimum atomic E-state index is -0.303. The van der Waals surface area contributed by atoms with E-state index in [9.17, 15) is 4.79 Å². The van der Waals surface area contributed by atoms with E-state index in [2.05, 4.69) is 59.3 Å². The summed E-state index contributed by atoms with van der Waals surface area (Å²) in [5.41, 5.74) is 7.65. The molecule has 1 amide bonds. The lowest BCUT2D eigenvalue weighted by atomic mass is 10.1. The highest BCUT2D eigenvalue weighted by molar-refractivity contribution is 14.1. The van der Waals surface area contributed by atoms with Gasteiger partial charge in [-0.3, -0.25) is 4.79 Å². The highest BCUT2D eigenvalue weighted by atomic mass is 127. The fraction of sp³-hybridized carbons (Fsp3) is 0.0333. The minimum Gasteiger partial charge on any atom is -0.487 e. The van der Waals surface area contributed by atoms with Crippen molar-refractivity contribution in [3.63, 3.8) is 0 Å². The molecule has 1 heterocycles. The number of benzene rings is 4. The molecule has 0 spiro atoms. The third-order valence-corrected chi connectivity index (χ3v) is 8.07. The van der Waals surface area contributed by atoms with Crippen molar-refractivity contribution in [2.45, 2.75) is 6.61 Å². The van der Waals surface area contributed by atoms with Crippen molar-refractivity contribution in [3.05, 3.63) is 126 Å². The number of aromatic nitrogens is 1. The fourth-order valence-electron chi connectivity index (χ4n) is 3.66. The molecular formula is C30H21BrClIN4O2S. The summed E-state index contributed by atoms with van der Waals surface area (Å²) in [6.07, 6.45) is 1.60. The first kappa shape index (κ1) is 28.3. The van der Waals surface area contributed by atoms with E-state index in [0.29, 0.717) is 17.2 Å². The number of ether oxygens (including phenoxy) is 1. The first-order valence-corrected chi connectivity index (χ1v) is 15.2. The van der Waals surface area contributed by atoms with Gasteiger partial charge in [0.25, 0.3) is 5.91 Å². The van der Waals surface area contributed by atoms with Gasteiger partial charge >= 0.3 is 0 Å². The molecule has 0 radical (unpaired) electrons. The van der Waals surface area contributed by atoms with Gasteiger partial charge in [-0.15, -0.1) is 11.3 Å². The zero-order valence-corrected chi connectivity index (χ0v) is 26.1. The van der Waals surface area contributed by atoms with E-state index in [-0.39, 0.29) is 5.91 Å². The summed E-state index contributed by atoms with van der Waals surface area (Å²) in [4.78, 5) is 17.3. The smallest absolute Gasteiger partial charge is 0.271 e. The molecule has 0 unspecified atom stereocenters. The van der Waals surface area contributed by atoms with E-state index < -0.39 is 0 Å². The lowest BCUT2D eigenvalue weighted by Gasteiger charge is -2.11. The van der Waals surface area contributed by atoms with Crippen LogP contribution < -0.4 is 15.5 Å². The van der Waals surface area contributed by atoms with Crippen LogP contribution in [0.1, 0.15) is 21.5 Å². The molecule has 0 atom stereocenters. The van der Waals surface area contributed by atoms with Crippen molar-refractivity contribution < 1.29 is 9.53 Å². The van der Waals surface area contributed by atoms with E-state index in [1.54, 1.807) is 18.3 Å². The van der Waals surface area contributed by atoms with Crippen molar-refractivity contribution in [1.82, 2.24) is 10.4 Å². The van der Waals surface area contributed by atoms with Crippen LogP contribution >= 0.6 is 61.5 Å². The second-order valence-electron chi connectivity index (χ2n) is 8.53. The summed E-state index contributed by atoms with van der Waals surface area (Å²) in [7, 11) is 0. The Morgan fingerprint density at radius 3 is 2.52 bits per heavy atom. The third-order valence-electron chi connectivity index (χ3n) is 5.67. The summed E-state index contributed by atoms with van der Waals surface area (Å²) in [6, 6.07) is 28.5. The second kappa shape index (κ2) is 13.4. The van der Waals surface area contributed by atoms with Crippen molar-refractivity contribution in [3.8, 4) is 17.0 Å². The maximum atomic E-state index is 12.6. The van der Waals surface area contributed by atoms with Crippen molar-refractivity contribution in [1.29, 1.82) is 0 Å². The summed E-state index contributed by atoms with van der Waals surface area (Å²) < 4.78 is 7.74. The Kier molecular flexibility index (Phi) is 9.48. The van der Waals surface area contributed by atoms with Gasteiger partial charge in [-0.25, -0.2) is 10.4 Å². The molecule has 5 aromatic rings. The van der Waals surface area contributed by atoms with Gasteiger partial charge in [0.15, 0.2) is 5.13 Å². The second-order valence-corrected chi connectivity index (χ2v) is 11.8. The molecule has 1 aromatic heterocycles. The maximum Gasteiger partial charge on any atom is 0.271 e. The summed E-state index contributed by atoms with van der Waals surface area (Å²) in [5, 5.41) is 10.8. The van der Waals surface area contributed by atoms with Gasteiger partial charge in [0.2, 0.25) is 0 Å². The van der Waals surface area contributed by atoms with Crippen LogP contribution in [-0.4, -0.2) is 17.1 Å². The average molecular weight is 744 g/mol. The van der Waals surface area contributed by atoms with Crippen LogP contribution in [0.2, 0.25) is 5.02 Å². The number of carbonyl (C=O) groups is 1. The SMILES string of the molecule is O=C(N/N=C\c1cc(Br)c(OCc2ccccc2)c(I)c1)c1ccc(-c2csc(Nc3ccc(Cl)cc3)n2)cc1. The Morgan fingerprint density at radius 2 is 1.80 bits per heavy atom. The predicted octanol–water partition coefficient (Wildman–Crippen LogP) is 8.92. The monoisotopic (exact) mass is 742 g/mol. The van der Waals surface area contributed by atoms with Crippen LogP contribution in [0.25, 0.3) is 11.3 Å². The van der Waals surface area contributed by atoms with Gasteiger partial charge in [-0.2, -0.15) is 5.10 Å². The molecular weight excluding hydrogens is 723 g/mol. The Bertz CT molecular complexity index is 1620. The lowest BCUT2D eigenvalue weighted by molar-refractivity contribution is 0.0955.